The summed E-state index contributed by atoms with van der Waals surface area (Å²) >= 11 is 0. The van der Waals surface area contributed by atoms with Crippen LogP contribution in [-0.4, -0.2) is 19.2 Å². The summed E-state index contributed by atoms with van der Waals surface area (Å²) in [5.74, 6) is 1.02. The first-order valence-corrected chi connectivity index (χ1v) is 8.19. The van der Waals surface area contributed by atoms with Crippen LogP contribution in [0.5, 0.6) is 17.6 Å². The molecule has 4 aromatic rings. The third-order valence-corrected chi connectivity index (χ3v) is 4.10. The fourth-order valence-corrected chi connectivity index (χ4v) is 2.83. The normalized spacial score (nSPS) is 10.7. The molecule has 0 unspecified atom stereocenters. The molecule has 7 nitrogen and oxygen atoms in total. The number of nitrogens with zero attached hydrogens (tertiary/aromatic N) is 3. The number of aromatic hydroxyl groups is 1. The van der Waals surface area contributed by atoms with E-state index in [4.69, 9.17) is 4.74 Å². The highest BCUT2D eigenvalue weighted by Crippen LogP contribution is 2.32. The number of ether oxygens (including phenoxy) is 1. The van der Waals surface area contributed by atoms with Gasteiger partial charge in [0.05, 0.1) is 10.6 Å². The predicted octanol–water partition coefficient (Wildman–Crippen LogP) is 4.67. The molecule has 7 heteroatoms. The standard InChI is InChI=1S/C20H15N3O4/c24-18-12-13-20(22(18)16-5-2-1-3-6-16)27-19-7-4-14-21(19)15-8-10-17(11-9-15)23(25)26/h1-14,24H. The van der Waals surface area contributed by atoms with Gasteiger partial charge in [0.15, 0.2) is 5.88 Å². The maximum Gasteiger partial charge on any atom is 0.269 e. The molecule has 2 heterocycles. The Morgan fingerprint density at radius 2 is 1.56 bits per heavy atom. The maximum absolute atomic E-state index is 10.8. The van der Waals surface area contributed by atoms with Crippen LogP contribution in [0.4, 0.5) is 5.69 Å². The number of hydrogen-bond acceptors (Lipinski definition) is 4. The summed E-state index contributed by atoms with van der Waals surface area (Å²) in [5, 5.41) is 21.0. The van der Waals surface area contributed by atoms with Crippen LogP contribution in [0.25, 0.3) is 11.4 Å². The van der Waals surface area contributed by atoms with Gasteiger partial charge in [-0.25, -0.2) is 0 Å². The average Bonchev–Trinajstić information content (AvgIpc) is 3.29. The van der Waals surface area contributed by atoms with Crippen LogP contribution in [0.2, 0.25) is 0 Å². The molecule has 0 aliphatic heterocycles. The molecular formula is C20H15N3O4. The number of rotatable bonds is 5. The van der Waals surface area contributed by atoms with Crippen molar-refractivity contribution in [3.05, 3.63) is 95.2 Å². The minimum atomic E-state index is -0.438. The van der Waals surface area contributed by atoms with Gasteiger partial charge in [-0.1, -0.05) is 18.2 Å². The van der Waals surface area contributed by atoms with Crippen LogP contribution < -0.4 is 4.74 Å². The van der Waals surface area contributed by atoms with Crippen molar-refractivity contribution in [1.29, 1.82) is 0 Å². The summed E-state index contributed by atoms with van der Waals surface area (Å²) in [4.78, 5) is 10.4. The number of para-hydroxylation sites is 1. The molecule has 0 spiro atoms. The maximum atomic E-state index is 10.8. The molecule has 1 N–H and O–H groups in total. The zero-order chi connectivity index (χ0) is 18.8. The van der Waals surface area contributed by atoms with Gasteiger partial charge in [0.2, 0.25) is 11.8 Å². The van der Waals surface area contributed by atoms with Gasteiger partial charge >= 0.3 is 0 Å². The highest BCUT2D eigenvalue weighted by Gasteiger charge is 2.14. The largest absolute Gasteiger partial charge is 0.494 e. The van der Waals surface area contributed by atoms with Gasteiger partial charge in [-0.2, -0.15) is 0 Å². The van der Waals surface area contributed by atoms with Crippen molar-refractivity contribution >= 4 is 5.69 Å². The second kappa shape index (κ2) is 6.72. The molecule has 134 valence electrons. The Balaban J connectivity index is 1.68. The van der Waals surface area contributed by atoms with Crippen molar-refractivity contribution in [3.63, 3.8) is 0 Å². The van der Waals surface area contributed by atoms with Gasteiger partial charge in [-0.15, -0.1) is 0 Å². The SMILES string of the molecule is O=[N+]([O-])c1ccc(-n2cccc2Oc2ccc(O)n2-c2ccccc2)cc1. The second-order valence-electron chi connectivity index (χ2n) is 5.79. The van der Waals surface area contributed by atoms with Gasteiger partial charge in [0.1, 0.15) is 0 Å². The van der Waals surface area contributed by atoms with Crippen molar-refractivity contribution in [2.24, 2.45) is 0 Å². The Labute approximate surface area is 154 Å². The number of hydrogen-bond donors (Lipinski definition) is 1. The minimum Gasteiger partial charge on any atom is -0.494 e. The van der Waals surface area contributed by atoms with E-state index in [0.717, 1.165) is 11.4 Å². The third-order valence-electron chi connectivity index (χ3n) is 4.10. The summed E-state index contributed by atoms with van der Waals surface area (Å²) in [5.41, 5.74) is 1.52. The molecule has 0 atom stereocenters. The molecule has 27 heavy (non-hydrogen) atoms. The van der Waals surface area contributed by atoms with Crippen LogP contribution in [0.1, 0.15) is 0 Å². The summed E-state index contributed by atoms with van der Waals surface area (Å²) in [6.07, 6.45) is 1.80. The van der Waals surface area contributed by atoms with E-state index in [0.29, 0.717) is 11.8 Å². The van der Waals surface area contributed by atoms with Crippen LogP contribution in [0.3, 0.4) is 0 Å². The van der Waals surface area contributed by atoms with Crippen molar-refractivity contribution in [2.75, 3.05) is 0 Å². The average molecular weight is 361 g/mol. The van der Waals surface area contributed by atoms with Gasteiger partial charge in [-0.05, 0) is 30.3 Å². The van der Waals surface area contributed by atoms with Gasteiger partial charge < -0.3 is 9.84 Å². The van der Waals surface area contributed by atoms with Gasteiger partial charge in [-0.3, -0.25) is 19.2 Å². The first-order chi connectivity index (χ1) is 13.1. The van der Waals surface area contributed by atoms with Gasteiger partial charge in [0, 0.05) is 42.2 Å². The fraction of sp³-hybridized carbons (Fsp3) is 0. The van der Waals surface area contributed by atoms with E-state index >= 15 is 0 Å². The highest BCUT2D eigenvalue weighted by molar-refractivity contribution is 5.46. The lowest BCUT2D eigenvalue weighted by molar-refractivity contribution is -0.384. The molecule has 0 aliphatic rings. The molecule has 4 rings (SSSR count). The first-order valence-electron chi connectivity index (χ1n) is 8.19. The number of non-ortho nitro benzene ring substituents is 1. The molecule has 0 amide bonds. The third kappa shape index (κ3) is 3.13. The molecule has 0 bridgehead atoms. The predicted molar refractivity (Wildman–Crippen MR) is 99.9 cm³/mol. The van der Waals surface area contributed by atoms with E-state index in [1.807, 2.05) is 36.4 Å². The van der Waals surface area contributed by atoms with Crippen molar-refractivity contribution in [3.8, 4) is 29.0 Å². The van der Waals surface area contributed by atoms with E-state index in [9.17, 15) is 15.2 Å². The van der Waals surface area contributed by atoms with E-state index in [1.54, 1.807) is 45.7 Å². The van der Waals surface area contributed by atoms with E-state index in [2.05, 4.69) is 0 Å². The summed E-state index contributed by atoms with van der Waals surface area (Å²) < 4.78 is 9.38. The number of aromatic nitrogens is 2. The molecule has 0 saturated carbocycles. The van der Waals surface area contributed by atoms with Crippen LogP contribution in [-0.2, 0) is 0 Å². The molecule has 0 aliphatic carbocycles. The van der Waals surface area contributed by atoms with Gasteiger partial charge in [0.25, 0.3) is 5.69 Å². The van der Waals surface area contributed by atoms with E-state index < -0.39 is 4.92 Å². The number of nitro benzene ring substituents is 1. The molecule has 0 radical (unpaired) electrons. The molecule has 2 aromatic carbocycles. The quantitative estimate of drug-likeness (QED) is 0.413. The fourth-order valence-electron chi connectivity index (χ4n) is 2.83. The van der Waals surface area contributed by atoms with E-state index in [-0.39, 0.29) is 11.6 Å². The zero-order valence-corrected chi connectivity index (χ0v) is 14.1. The van der Waals surface area contributed by atoms with E-state index in [1.165, 1.54) is 12.1 Å². The Bertz CT molecular complexity index is 1080. The first kappa shape index (κ1) is 16.5. The molecular weight excluding hydrogens is 346 g/mol. The van der Waals surface area contributed by atoms with Crippen molar-refractivity contribution in [2.45, 2.75) is 0 Å². The molecule has 2 aromatic heterocycles. The lowest BCUT2D eigenvalue weighted by Gasteiger charge is -2.13. The Kier molecular flexibility index (Phi) is 4.10. The van der Waals surface area contributed by atoms with Crippen LogP contribution >= 0.6 is 0 Å². The monoisotopic (exact) mass is 361 g/mol. The Morgan fingerprint density at radius 3 is 2.26 bits per heavy atom. The Morgan fingerprint density at radius 1 is 0.815 bits per heavy atom. The molecule has 0 saturated heterocycles. The highest BCUT2D eigenvalue weighted by atomic mass is 16.6. The lowest BCUT2D eigenvalue weighted by Crippen LogP contribution is -2.00. The lowest BCUT2D eigenvalue weighted by atomic mass is 10.3. The summed E-state index contributed by atoms with van der Waals surface area (Å²) in [6.45, 7) is 0. The number of benzene rings is 2. The van der Waals surface area contributed by atoms with Crippen molar-refractivity contribution < 1.29 is 14.8 Å². The summed E-state index contributed by atoms with van der Waals surface area (Å²) in [7, 11) is 0. The number of nitro groups is 1. The zero-order valence-electron chi connectivity index (χ0n) is 14.1. The Hall–Kier alpha value is -4.00. The van der Waals surface area contributed by atoms with Crippen LogP contribution in [0, 0.1) is 10.1 Å². The summed E-state index contributed by atoms with van der Waals surface area (Å²) in [6, 6.07) is 22.4. The minimum absolute atomic E-state index is 0.0243. The second-order valence-corrected chi connectivity index (χ2v) is 5.79. The topological polar surface area (TPSA) is 82.5 Å². The van der Waals surface area contributed by atoms with Crippen LogP contribution in [0.15, 0.2) is 85.1 Å². The molecule has 0 fully saturated rings. The van der Waals surface area contributed by atoms with Crippen molar-refractivity contribution in [1.82, 2.24) is 9.13 Å². The smallest absolute Gasteiger partial charge is 0.269 e.